The lowest BCUT2D eigenvalue weighted by molar-refractivity contribution is -0.118. The molecule has 1 atom stereocenters. The Morgan fingerprint density at radius 1 is 1.08 bits per heavy atom. The fraction of sp³-hybridized carbons (Fsp3) is 0.300. The molecule has 0 heterocycles. The molecule has 4 nitrogen and oxygen atoms in total. The first-order chi connectivity index (χ1) is 11.5. The standard InChI is InChI=1S/C20H22N2O2/c1-13(2)19(23)21-16-8-5-7-15(12-16)20(24)22-18-11-10-14-6-3-4-9-17(14)18/h3-9,12-13,18H,10-11H2,1-2H3,(H,21,23)(H,22,24)/t18-/m1/s1. The van der Waals surface area contributed by atoms with Crippen LogP contribution in [0.15, 0.2) is 48.5 Å². The number of fused-ring (bicyclic) bond motifs is 1. The number of rotatable bonds is 4. The quantitative estimate of drug-likeness (QED) is 0.902. The van der Waals surface area contributed by atoms with Gasteiger partial charge in [0.05, 0.1) is 6.04 Å². The monoisotopic (exact) mass is 322 g/mol. The van der Waals surface area contributed by atoms with Crippen LogP contribution < -0.4 is 10.6 Å². The van der Waals surface area contributed by atoms with E-state index in [2.05, 4.69) is 22.8 Å². The summed E-state index contributed by atoms with van der Waals surface area (Å²) in [6.45, 7) is 3.67. The number of anilines is 1. The molecule has 2 aromatic carbocycles. The summed E-state index contributed by atoms with van der Waals surface area (Å²) < 4.78 is 0. The largest absolute Gasteiger partial charge is 0.345 e. The number of carbonyl (C=O) groups excluding carboxylic acids is 2. The molecule has 0 radical (unpaired) electrons. The van der Waals surface area contributed by atoms with Crippen molar-refractivity contribution in [2.24, 2.45) is 5.92 Å². The van der Waals surface area contributed by atoms with Gasteiger partial charge < -0.3 is 10.6 Å². The number of aryl methyl sites for hydroxylation is 1. The van der Waals surface area contributed by atoms with Crippen molar-refractivity contribution in [3.63, 3.8) is 0 Å². The molecule has 0 fully saturated rings. The van der Waals surface area contributed by atoms with Gasteiger partial charge in [0.1, 0.15) is 0 Å². The van der Waals surface area contributed by atoms with Gasteiger partial charge in [-0.2, -0.15) is 0 Å². The molecule has 124 valence electrons. The van der Waals surface area contributed by atoms with Gasteiger partial charge >= 0.3 is 0 Å². The Hall–Kier alpha value is -2.62. The molecular weight excluding hydrogens is 300 g/mol. The van der Waals surface area contributed by atoms with Crippen molar-refractivity contribution in [2.45, 2.75) is 32.7 Å². The first-order valence-electron chi connectivity index (χ1n) is 8.34. The van der Waals surface area contributed by atoms with E-state index in [0.29, 0.717) is 11.3 Å². The molecule has 0 saturated carbocycles. The number of amides is 2. The molecule has 0 bridgehead atoms. The number of hydrogen-bond acceptors (Lipinski definition) is 2. The normalized spacial score (nSPS) is 15.9. The smallest absolute Gasteiger partial charge is 0.251 e. The number of benzene rings is 2. The first-order valence-corrected chi connectivity index (χ1v) is 8.34. The van der Waals surface area contributed by atoms with Crippen LogP contribution in [0, 0.1) is 5.92 Å². The molecule has 4 heteroatoms. The van der Waals surface area contributed by atoms with E-state index in [9.17, 15) is 9.59 Å². The van der Waals surface area contributed by atoms with Gasteiger partial charge in [0.15, 0.2) is 0 Å². The van der Waals surface area contributed by atoms with Crippen LogP contribution in [0.5, 0.6) is 0 Å². The molecule has 2 aromatic rings. The van der Waals surface area contributed by atoms with Crippen LogP contribution in [-0.4, -0.2) is 11.8 Å². The molecule has 2 amide bonds. The molecule has 3 rings (SSSR count). The minimum atomic E-state index is -0.114. The van der Waals surface area contributed by atoms with Gasteiger partial charge in [-0.15, -0.1) is 0 Å². The highest BCUT2D eigenvalue weighted by molar-refractivity contribution is 5.97. The molecular formula is C20H22N2O2. The van der Waals surface area contributed by atoms with E-state index in [0.717, 1.165) is 12.8 Å². The van der Waals surface area contributed by atoms with Crippen LogP contribution in [0.3, 0.4) is 0 Å². The minimum Gasteiger partial charge on any atom is -0.345 e. The van der Waals surface area contributed by atoms with Crippen molar-refractivity contribution in [3.05, 3.63) is 65.2 Å². The van der Waals surface area contributed by atoms with Gasteiger partial charge in [0, 0.05) is 17.2 Å². The highest BCUT2D eigenvalue weighted by atomic mass is 16.2. The Labute approximate surface area is 142 Å². The summed E-state index contributed by atoms with van der Waals surface area (Å²) >= 11 is 0. The maximum absolute atomic E-state index is 12.6. The predicted octanol–water partition coefficient (Wildman–Crippen LogP) is 3.70. The second kappa shape index (κ2) is 6.87. The molecule has 0 spiro atoms. The van der Waals surface area contributed by atoms with Crippen molar-refractivity contribution in [1.82, 2.24) is 5.32 Å². The van der Waals surface area contributed by atoms with Crippen molar-refractivity contribution in [2.75, 3.05) is 5.32 Å². The number of hydrogen-bond donors (Lipinski definition) is 2. The molecule has 1 aliphatic rings. The topological polar surface area (TPSA) is 58.2 Å². The van der Waals surface area contributed by atoms with Gasteiger partial charge in [-0.3, -0.25) is 9.59 Å². The van der Waals surface area contributed by atoms with Gasteiger partial charge in [-0.1, -0.05) is 44.2 Å². The Morgan fingerprint density at radius 2 is 1.88 bits per heavy atom. The highest BCUT2D eigenvalue weighted by Crippen LogP contribution is 2.31. The lowest BCUT2D eigenvalue weighted by atomic mass is 10.1. The summed E-state index contributed by atoms with van der Waals surface area (Å²) in [6.07, 6.45) is 1.92. The Morgan fingerprint density at radius 3 is 2.67 bits per heavy atom. The van der Waals surface area contributed by atoms with Crippen LogP contribution in [0.1, 0.15) is 47.8 Å². The summed E-state index contributed by atoms with van der Waals surface area (Å²) in [5.74, 6) is -0.271. The van der Waals surface area contributed by atoms with E-state index in [1.807, 2.05) is 26.0 Å². The van der Waals surface area contributed by atoms with E-state index in [1.165, 1.54) is 11.1 Å². The van der Waals surface area contributed by atoms with Gasteiger partial charge in [-0.05, 0) is 42.2 Å². The summed E-state index contributed by atoms with van der Waals surface area (Å²) in [5.41, 5.74) is 3.71. The molecule has 0 unspecified atom stereocenters. The van der Waals surface area contributed by atoms with Gasteiger partial charge in [0.2, 0.25) is 5.91 Å². The van der Waals surface area contributed by atoms with E-state index >= 15 is 0 Å². The Kier molecular flexibility index (Phi) is 4.65. The fourth-order valence-electron chi connectivity index (χ4n) is 2.97. The van der Waals surface area contributed by atoms with Crippen molar-refractivity contribution >= 4 is 17.5 Å². The molecule has 0 aliphatic heterocycles. The summed E-state index contributed by atoms with van der Waals surface area (Å²) in [5, 5.41) is 5.93. The number of carbonyl (C=O) groups is 2. The average molecular weight is 322 g/mol. The highest BCUT2D eigenvalue weighted by Gasteiger charge is 2.23. The van der Waals surface area contributed by atoms with E-state index in [-0.39, 0.29) is 23.8 Å². The Balaban J connectivity index is 1.71. The lowest BCUT2D eigenvalue weighted by Gasteiger charge is -2.15. The van der Waals surface area contributed by atoms with Crippen molar-refractivity contribution in [3.8, 4) is 0 Å². The SMILES string of the molecule is CC(C)C(=O)Nc1cccc(C(=O)N[C@@H]2CCc3ccccc32)c1. The van der Waals surface area contributed by atoms with Crippen LogP contribution in [0.25, 0.3) is 0 Å². The third-order valence-electron chi connectivity index (χ3n) is 4.35. The molecule has 1 aliphatic carbocycles. The number of nitrogens with one attached hydrogen (secondary N) is 2. The molecule has 24 heavy (non-hydrogen) atoms. The summed E-state index contributed by atoms with van der Waals surface area (Å²) in [4.78, 5) is 24.4. The summed E-state index contributed by atoms with van der Waals surface area (Å²) in [7, 11) is 0. The fourth-order valence-corrected chi connectivity index (χ4v) is 2.97. The van der Waals surface area contributed by atoms with Crippen molar-refractivity contribution < 1.29 is 9.59 Å². The second-order valence-electron chi connectivity index (χ2n) is 6.49. The van der Waals surface area contributed by atoms with Crippen LogP contribution in [0.4, 0.5) is 5.69 Å². The van der Waals surface area contributed by atoms with Gasteiger partial charge in [-0.25, -0.2) is 0 Å². The Bertz CT molecular complexity index is 768. The molecule has 0 aromatic heterocycles. The van der Waals surface area contributed by atoms with E-state index in [4.69, 9.17) is 0 Å². The van der Waals surface area contributed by atoms with E-state index < -0.39 is 0 Å². The first kappa shape index (κ1) is 16.2. The third-order valence-corrected chi connectivity index (χ3v) is 4.35. The van der Waals surface area contributed by atoms with Crippen LogP contribution in [0.2, 0.25) is 0 Å². The third kappa shape index (κ3) is 3.48. The zero-order chi connectivity index (χ0) is 17.1. The van der Waals surface area contributed by atoms with Crippen LogP contribution in [-0.2, 0) is 11.2 Å². The average Bonchev–Trinajstić information content (AvgIpc) is 2.98. The molecule has 0 saturated heterocycles. The zero-order valence-corrected chi connectivity index (χ0v) is 14.0. The second-order valence-corrected chi connectivity index (χ2v) is 6.49. The van der Waals surface area contributed by atoms with E-state index in [1.54, 1.807) is 24.3 Å². The maximum Gasteiger partial charge on any atom is 0.251 e. The zero-order valence-electron chi connectivity index (χ0n) is 14.0. The maximum atomic E-state index is 12.6. The minimum absolute atomic E-state index is 0.0580. The lowest BCUT2D eigenvalue weighted by Crippen LogP contribution is -2.27. The van der Waals surface area contributed by atoms with Crippen molar-refractivity contribution in [1.29, 1.82) is 0 Å². The van der Waals surface area contributed by atoms with Crippen LogP contribution >= 0.6 is 0 Å². The summed E-state index contributed by atoms with van der Waals surface area (Å²) in [6, 6.07) is 15.3. The predicted molar refractivity (Wildman–Crippen MR) is 94.9 cm³/mol. The van der Waals surface area contributed by atoms with Gasteiger partial charge in [0.25, 0.3) is 5.91 Å². The molecule has 2 N–H and O–H groups in total.